The van der Waals surface area contributed by atoms with E-state index in [0.717, 1.165) is 4.90 Å². The minimum atomic E-state index is -0.483. The highest BCUT2D eigenvalue weighted by atomic mass is 32.2. The first-order valence-corrected chi connectivity index (χ1v) is 8.05. The Kier molecular flexibility index (Phi) is 4.34. The summed E-state index contributed by atoms with van der Waals surface area (Å²) < 4.78 is 4.63. The van der Waals surface area contributed by atoms with Gasteiger partial charge in [-0.25, -0.2) is 4.79 Å². The fraction of sp³-hybridized carbons (Fsp3) is 0.294. The second-order valence-corrected chi connectivity index (χ2v) is 6.67. The SMILES string of the molecule is COC(=O)N[C@@H]1CC(=O)C[C@@H]1Sc1ccc2ccccc2c1. The molecule has 0 aliphatic heterocycles. The molecule has 22 heavy (non-hydrogen) atoms. The number of ketones is 1. The van der Waals surface area contributed by atoms with Crippen molar-refractivity contribution in [3.63, 3.8) is 0 Å². The summed E-state index contributed by atoms with van der Waals surface area (Å²) >= 11 is 1.64. The third kappa shape index (κ3) is 3.25. The Balaban J connectivity index is 1.77. The topological polar surface area (TPSA) is 55.4 Å². The molecule has 0 bridgehead atoms. The molecule has 1 fully saturated rings. The molecule has 1 aliphatic carbocycles. The number of hydrogen-bond acceptors (Lipinski definition) is 4. The van der Waals surface area contributed by atoms with E-state index in [1.165, 1.54) is 17.9 Å². The first-order valence-electron chi connectivity index (χ1n) is 7.17. The van der Waals surface area contributed by atoms with Crippen LogP contribution in [0.4, 0.5) is 4.79 Å². The van der Waals surface area contributed by atoms with Crippen LogP contribution in [0.3, 0.4) is 0 Å². The Morgan fingerprint density at radius 2 is 1.95 bits per heavy atom. The molecular formula is C17H17NO3S. The molecule has 2 aromatic rings. The Hall–Kier alpha value is -2.01. The summed E-state index contributed by atoms with van der Waals surface area (Å²) in [5, 5.41) is 5.18. The monoisotopic (exact) mass is 315 g/mol. The van der Waals surface area contributed by atoms with Crippen molar-refractivity contribution in [2.24, 2.45) is 0 Å². The third-order valence-electron chi connectivity index (χ3n) is 3.82. The lowest BCUT2D eigenvalue weighted by molar-refractivity contribution is -0.117. The molecular weight excluding hydrogens is 298 g/mol. The molecule has 3 rings (SSSR count). The van der Waals surface area contributed by atoms with Crippen molar-refractivity contribution in [1.82, 2.24) is 5.32 Å². The van der Waals surface area contributed by atoms with E-state index < -0.39 is 6.09 Å². The van der Waals surface area contributed by atoms with Gasteiger partial charge < -0.3 is 10.1 Å². The summed E-state index contributed by atoms with van der Waals surface area (Å²) in [5.41, 5.74) is 0. The lowest BCUT2D eigenvalue weighted by atomic mass is 10.1. The van der Waals surface area contributed by atoms with Crippen LogP contribution in [0.25, 0.3) is 10.8 Å². The van der Waals surface area contributed by atoms with Crippen LogP contribution in [-0.4, -0.2) is 30.3 Å². The average molecular weight is 315 g/mol. The lowest BCUT2D eigenvalue weighted by Crippen LogP contribution is -2.38. The quantitative estimate of drug-likeness (QED) is 0.943. The van der Waals surface area contributed by atoms with E-state index in [-0.39, 0.29) is 17.1 Å². The van der Waals surface area contributed by atoms with Crippen LogP contribution < -0.4 is 5.32 Å². The van der Waals surface area contributed by atoms with Crippen molar-refractivity contribution >= 4 is 34.4 Å². The van der Waals surface area contributed by atoms with E-state index in [2.05, 4.69) is 40.4 Å². The molecule has 4 nitrogen and oxygen atoms in total. The molecule has 1 amide bonds. The number of rotatable bonds is 3. The number of amides is 1. The number of methoxy groups -OCH3 is 1. The minimum absolute atomic E-state index is 0.0489. The van der Waals surface area contributed by atoms with Crippen LogP contribution in [-0.2, 0) is 9.53 Å². The first-order chi connectivity index (χ1) is 10.7. The van der Waals surface area contributed by atoms with E-state index in [9.17, 15) is 9.59 Å². The summed E-state index contributed by atoms with van der Waals surface area (Å²) in [6, 6.07) is 14.3. The van der Waals surface area contributed by atoms with Gasteiger partial charge in [-0.15, -0.1) is 11.8 Å². The predicted octanol–water partition coefficient (Wildman–Crippen LogP) is 3.39. The summed E-state index contributed by atoms with van der Waals surface area (Å²) in [4.78, 5) is 24.2. The van der Waals surface area contributed by atoms with Crippen LogP contribution in [0.15, 0.2) is 47.4 Å². The highest BCUT2D eigenvalue weighted by molar-refractivity contribution is 8.00. The number of hydrogen-bond donors (Lipinski definition) is 1. The number of carbonyl (C=O) groups is 2. The van der Waals surface area contributed by atoms with Crippen molar-refractivity contribution < 1.29 is 14.3 Å². The van der Waals surface area contributed by atoms with Gasteiger partial charge in [-0.05, 0) is 22.9 Å². The number of Topliss-reactive ketones (excluding diaryl/α,β-unsaturated/α-hetero) is 1. The summed E-state index contributed by atoms with van der Waals surface area (Å²) in [6.45, 7) is 0. The number of nitrogens with one attached hydrogen (secondary N) is 1. The van der Waals surface area contributed by atoms with Gasteiger partial charge in [-0.3, -0.25) is 4.79 Å². The number of thioether (sulfide) groups is 1. The van der Waals surface area contributed by atoms with Gasteiger partial charge in [0.2, 0.25) is 0 Å². The molecule has 1 N–H and O–H groups in total. The van der Waals surface area contributed by atoms with Gasteiger partial charge in [0.25, 0.3) is 0 Å². The van der Waals surface area contributed by atoms with E-state index in [4.69, 9.17) is 0 Å². The van der Waals surface area contributed by atoms with Gasteiger partial charge in [0.15, 0.2) is 0 Å². The van der Waals surface area contributed by atoms with Gasteiger partial charge in [-0.2, -0.15) is 0 Å². The third-order valence-corrected chi connectivity index (χ3v) is 5.15. The molecule has 0 aromatic heterocycles. The van der Waals surface area contributed by atoms with Crippen LogP contribution >= 0.6 is 11.8 Å². The predicted molar refractivity (Wildman–Crippen MR) is 87.2 cm³/mol. The summed E-state index contributed by atoms with van der Waals surface area (Å²) in [6.07, 6.45) is 0.371. The maximum Gasteiger partial charge on any atom is 0.407 e. The molecule has 0 unspecified atom stereocenters. The Labute approximate surface area is 133 Å². The maximum absolute atomic E-state index is 11.7. The van der Waals surface area contributed by atoms with Crippen molar-refractivity contribution in [3.8, 4) is 0 Å². The van der Waals surface area contributed by atoms with Gasteiger partial charge >= 0.3 is 6.09 Å². The van der Waals surface area contributed by atoms with Crippen molar-refractivity contribution in [1.29, 1.82) is 0 Å². The minimum Gasteiger partial charge on any atom is -0.453 e. The molecule has 5 heteroatoms. The van der Waals surface area contributed by atoms with Crippen molar-refractivity contribution in [2.75, 3.05) is 7.11 Å². The fourth-order valence-electron chi connectivity index (χ4n) is 2.72. The molecule has 0 spiro atoms. The van der Waals surface area contributed by atoms with Crippen LogP contribution in [0, 0.1) is 0 Å². The normalized spacial score (nSPS) is 21.0. The van der Waals surface area contributed by atoms with Gasteiger partial charge in [0.1, 0.15) is 5.78 Å². The first kappa shape index (κ1) is 14.9. The second kappa shape index (κ2) is 6.40. The van der Waals surface area contributed by atoms with Crippen LogP contribution in [0.1, 0.15) is 12.8 Å². The van der Waals surface area contributed by atoms with Crippen molar-refractivity contribution in [3.05, 3.63) is 42.5 Å². The number of carbonyl (C=O) groups excluding carboxylic acids is 2. The van der Waals surface area contributed by atoms with Gasteiger partial charge in [-0.1, -0.05) is 30.3 Å². The van der Waals surface area contributed by atoms with E-state index in [1.807, 2.05) is 12.1 Å². The molecule has 114 valence electrons. The Morgan fingerprint density at radius 1 is 1.18 bits per heavy atom. The molecule has 2 aromatic carbocycles. The molecule has 0 radical (unpaired) electrons. The van der Waals surface area contributed by atoms with E-state index >= 15 is 0 Å². The molecule has 1 saturated carbocycles. The Bertz CT molecular complexity index is 716. The fourth-order valence-corrected chi connectivity index (χ4v) is 4.01. The van der Waals surface area contributed by atoms with E-state index in [0.29, 0.717) is 12.8 Å². The lowest BCUT2D eigenvalue weighted by Gasteiger charge is -2.19. The highest BCUT2D eigenvalue weighted by Crippen LogP contribution is 2.35. The standard InChI is InChI=1S/C17H17NO3S/c1-21-17(20)18-15-9-13(19)10-16(15)22-14-7-6-11-4-2-3-5-12(11)8-14/h2-8,15-16H,9-10H2,1H3,(H,18,20)/t15-,16+/m1/s1. The zero-order chi connectivity index (χ0) is 15.5. The second-order valence-electron chi connectivity index (χ2n) is 5.35. The molecule has 2 atom stereocenters. The Morgan fingerprint density at radius 3 is 2.73 bits per heavy atom. The number of ether oxygens (including phenoxy) is 1. The zero-order valence-corrected chi connectivity index (χ0v) is 13.1. The highest BCUT2D eigenvalue weighted by Gasteiger charge is 2.35. The zero-order valence-electron chi connectivity index (χ0n) is 12.2. The summed E-state index contributed by atoms with van der Waals surface area (Å²) in [5.74, 6) is 0.180. The number of fused-ring (bicyclic) bond motifs is 1. The van der Waals surface area contributed by atoms with Crippen LogP contribution in [0.5, 0.6) is 0 Å². The summed E-state index contributed by atoms with van der Waals surface area (Å²) in [7, 11) is 1.33. The number of alkyl carbamates (subject to hydrolysis) is 1. The largest absolute Gasteiger partial charge is 0.453 e. The van der Waals surface area contributed by atoms with Gasteiger partial charge in [0.05, 0.1) is 13.2 Å². The van der Waals surface area contributed by atoms with Crippen LogP contribution in [0.2, 0.25) is 0 Å². The molecule has 0 heterocycles. The van der Waals surface area contributed by atoms with Crippen molar-refractivity contribution in [2.45, 2.75) is 29.0 Å². The van der Waals surface area contributed by atoms with E-state index in [1.54, 1.807) is 11.8 Å². The molecule has 1 aliphatic rings. The molecule has 0 saturated heterocycles. The maximum atomic E-state index is 11.7. The van der Waals surface area contributed by atoms with Gasteiger partial charge in [0, 0.05) is 23.0 Å². The smallest absolute Gasteiger partial charge is 0.407 e. The number of benzene rings is 2. The average Bonchev–Trinajstić information content (AvgIpc) is 2.86.